The van der Waals surface area contributed by atoms with Crippen LogP contribution in [0, 0.1) is 0 Å². The maximum absolute atomic E-state index is 8.52. The smallest absolute Gasteiger partial charge is 0.759 e. The summed E-state index contributed by atoms with van der Waals surface area (Å²) in [7, 11) is -10.3. The third-order valence-electron chi connectivity index (χ3n) is 2.26. The van der Waals surface area contributed by atoms with Crippen LogP contribution >= 0.6 is 0 Å². The summed E-state index contributed by atoms with van der Waals surface area (Å²) in [6, 6.07) is 20.4. The van der Waals surface area contributed by atoms with Gasteiger partial charge in [0.05, 0.1) is 13.1 Å². The normalized spacial score (nSPS) is 8.45. The second-order valence-corrected chi connectivity index (χ2v) is 5.92. The van der Waals surface area contributed by atoms with Gasteiger partial charge in [-0.2, -0.15) is 0 Å². The van der Waals surface area contributed by atoms with Gasteiger partial charge in [0.15, 0.2) is 0 Å². The van der Waals surface area contributed by atoms with E-state index in [2.05, 4.69) is 35.7 Å². The second kappa shape index (κ2) is 26.5. The van der Waals surface area contributed by atoms with Gasteiger partial charge in [-0.25, -0.2) is 0 Å². The molecule has 14 nitrogen and oxygen atoms in total. The summed E-state index contributed by atoms with van der Waals surface area (Å²) in [4.78, 5) is 0. The minimum Gasteiger partial charge on any atom is -0.759 e. The standard InChI is InChI=1S/2C7H9N.Mn.2H2O4S.4H2O/c2*8-6-7-4-2-1-3-5-7;;2*1-5(2,3)4;;;;/h2*1-5H,6,8H2;;2*(H2,1,2,3,4);4*1H2/q;;+2;;;;;;/p+2. The summed E-state index contributed by atoms with van der Waals surface area (Å²) in [5, 5.41) is 0. The first-order valence-corrected chi connectivity index (χ1v) is 9.53. The summed E-state index contributed by atoms with van der Waals surface area (Å²) >= 11 is 0. The number of rotatable bonds is 2. The van der Waals surface area contributed by atoms with Crippen molar-refractivity contribution in [1.29, 1.82) is 0 Å². The van der Waals surface area contributed by atoms with Crippen molar-refractivity contribution in [3.63, 3.8) is 0 Å². The quantitative estimate of drug-likeness (QED) is 0.160. The summed E-state index contributed by atoms with van der Waals surface area (Å²) in [5.74, 6) is 0. The summed E-state index contributed by atoms with van der Waals surface area (Å²) < 4.78 is 68.2. The molecule has 0 fully saturated rings. The fraction of sp³-hybridized carbons (Fsp3) is 0.143. The Bertz CT molecular complexity index is 709. The van der Waals surface area contributed by atoms with E-state index in [9.17, 15) is 0 Å². The molecule has 18 N–H and O–H groups in total. The van der Waals surface area contributed by atoms with Crippen molar-refractivity contribution >= 4 is 20.8 Å². The molecule has 0 amide bonds. The van der Waals surface area contributed by atoms with Gasteiger partial charge in [0.2, 0.25) is 0 Å². The fourth-order valence-corrected chi connectivity index (χ4v) is 1.29. The van der Waals surface area contributed by atoms with Crippen LogP contribution in [0.15, 0.2) is 60.7 Å². The largest absolute Gasteiger partial charge is 2.00 e. The van der Waals surface area contributed by atoms with E-state index < -0.39 is 20.8 Å². The zero-order valence-corrected chi connectivity index (χ0v) is 19.2. The van der Waals surface area contributed by atoms with Crippen LogP contribution in [0.5, 0.6) is 0 Å². The van der Waals surface area contributed by atoms with Gasteiger partial charge in [-0.05, 0) is 0 Å². The van der Waals surface area contributed by atoms with Gasteiger partial charge in [-0.15, -0.1) is 0 Å². The molecule has 2 aromatic carbocycles. The molecule has 185 valence electrons. The Hall–Kier alpha value is -1.54. The average molecular weight is 539 g/mol. The van der Waals surface area contributed by atoms with E-state index in [0.29, 0.717) is 0 Å². The summed E-state index contributed by atoms with van der Waals surface area (Å²) in [6.45, 7) is 1.78. The third-order valence-corrected chi connectivity index (χ3v) is 2.26. The zero-order valence-electron chi connectivity index (χ0n) is 16.4. The Kier molecular flexibility index (Phi) is 40.4. The molecule has 0 aliphatic heterocycles. The van der Waals surface area contributed by atoms with Crippen molar-refractivity contribution in [1.82, 2.24) is 0 Å². The first-order chi connectivity index (χ1) is 11.9. The summed E-state index contributed by atoms with van der Waals surface area (Å²) in [5.41, 5.74) is 10.1. The van der Waals surface area contributed by atoms with Crippen LogP contribution in [0.2, 0.25) is 0 Å². The molecule has 0 bridgehead atoms. The number of quaternary nitrogens is 2. The van der Waals surface area contributed by atoms with Crippen LogP contribution in [0.3, 0.4) is 0 Å². The molecule has 0 saturated carbocycles. The number of hydrogen-bond donors (Lipinski definition) is 2. The molecule has 31 heavy (non-hydrogen) atoms. The fourth-order valence-electron chi connectivity index (χ4n) is 1.29. The molecule has 17 heteroatoms. The van der Waals surface area contributed by atoms with E-state index in [1.807, 2.05) is 36.4 Å². The van der Waals surface area contributed by atoms with Crippen molar-refractivity contribution in [3.8, 4) is 0 Å². The molecule has 0 spiro atoms. The van der Waals surface area contributed by atoms with Crippen molar-refractivity contribution in [2.45, 2.75) is 13.1 Å². The van der Waals surface area contributed by atoms with Gasteiger partial charge in [-0.3, -0.25) is 16.8 Å². The van der Waals surface area contributed by atoms with E-state index in [0.717, 1.165) is 13.1 Å². The van der Waals surface area contributed by atoms with Crippen molar-refractivity contribution < 1.29 is 85.5 Å². The molecule has 2 aromatic rings. The maximum Gasteiger partial charge on any atom is 2.00 e. The van der Waals surface area contributed by atoms with Crippen molar-refractivity contribution in [2.75, 3.05) is 0 Å². The molecule has 0 aliphatic carbocycles. The van der Waals surface area contributed by atoms with E-state index in [-0.39, 0.29) is 39.0 Å². The Labute approximate surface area is 191 Å². The predicted octanol–water partition coefficient (Wildman–Crippen LogP) is -5.51. The Morgan fingerprint density at radius 2 is 0.710 bits per heavy atom. The van der Waals surface area contributed by atoms with E-state index in [4.69, 9.17) is 35.0 Å². The molecule has 0 aromatic heterocycles. The molecular weight excluding hydrogens is 507 g/mol. The minimum atomic E-state index is -5.17. The van der Waals surface area contributed by atoms with E-state index in [1.165, 1.54) is 11.1 Å². The average Bonchev–Trinajstić information content (AvgIpc) is 2.54. The molecule has 1 radical (unpaired) electrons. The molecule has 0 heterocycles. The van der Waals surface area contributed by atoms with Gasteiger partial charge in [0.25, 0.3) is 0 Å². The minimum absolute atomic E-state index is 0. The molecule has 2 rings (SSSR count). The zero-order chi connectivity index (χ0) is 20.6. The number of benzene rings is 2. The van der Waals surface area contributed by atoms with Crippen molar-refractivity contribution in [2.24, 2.45) is 0 Å². The third kappa shape index (κ3) is 58.5. The van der Waals surface area contributed by atoms with Gasteiger partial charge in [0.1, 0.15) is 0 Å². The van der Waals surface area contributed by atoms with Crippen molar-refractivity contribution in [3.05, 3.63) is 71.8 Å². The monoisotopic (exact) mass is 539 g/mol. The molecule has 0 saturated heterocycles. The van der Waals surface area contributed by atoms with Gasteiger partial charge in [0, 0.05) is 31.9 Å². The Morgan fingerprint density at radius 1 is 0.548 bits per heavy atom. The Balaban J connectivity index is -0.0000000482. The summed E-state index contributed by atoms with van der Waals surface area (Å²) in [6.07, 6.45) is 0. The van der Waals surface area contributed by atoms with Crippen LogP contribution in [0.25, 0.3) is 0 Å². The SMILES string of the molecule is O=S(=O)([O-])[O-].O=S(=O)([O-])[O-].[Mn+2].[NH3+]Cc1ccccc1.[NH3+]Cc1ccccc1.[OH3+].[OH3+].[OH3+].[OH3+]. The van der Waals surface area contributed by atoms with Crippen LogP contribution in [0.4, 0.5) is 0 Å². The first kappa shape index (κ1) is 47.3. The molecular formula is C14H32MnN2O12S2+4. The van der Waals surface area contributed by atoms with Gasteiger partial charge >= 0.3 is 17.1 Å². The Morgan fingerprint density at radius 3 is 0.806 bits per heavy atom. The topological polar surface area (TPSA) is 348 Å². The first-order valence-electron chi connectivity index (χ1n) is 6.86. The van der Waals surface area contributed by atoms with Gasteiger partial charge in [-0.1, -0.05) is 60.7 Å². The molecule has 0 unspecified atom stereocenters. The maximum atomic E-state index is 8.52. The van der Waals surface area contributed by atoms with Crippen LogP contribution in [-0.2, 0) is 72.9 Å². The molecule has 0 aliphatic rings. The van der Waals surface area contributed by atoms with Crippen LogP contribution < -0.4 is 11.5 Å². The van der Waals surface area contributed by atoms with Gasteiger partial charge < -0.3 is 51.6 Å². The van der Waals surface area contributed by atoms with E-state index >= 15 is 0 Å². The van der Waals surface area contributed by atoms with Crippen LogP contribution in [-0.4, -0.2) is 35.0 Å². The number of hydrogen-bond acceptors (Lipinski definition) is 8. The van der Waals surface area contributed by atoms with Crippen LogP contribution in [0.1, 0.15) is 11.1 Å². The predicted molar refractivity (Wildman–Crippen MR) is 107 cm³/mol. The van der Waals surface area contributed by atoms with E-state index in [1.54, 1.807) is 0 Å². The second-order valence-electron chi connectivity index (χ2n) is 4.29. The molecule has 0 atom stereocenters.